The molecule has 0 spiro atoms. The zero-order valence-electron chi connectivity index (χ0n) is 9.20. The Bertz CT molecular complexity index is 675. The number of imidazole rings is 1. The molecular weight excluding hydrogens is 238 g/mol. The minimum absolute atomic E-state index is 0.00799. The van der Waals surface area contributed by atoms with Crippen molar-refractivity contribution in [1.29, 1.82) is 0 Å². The minimum atomic E-state index is -2.87. The molecule has 5 nitrogen and oxygen atoms in total. The molecule has 0 saturated carbocycles. The van der Waals surface area contributed by atoms with Crippen LogP contribution in [0.1, 0.15) is 12.5 Å². The van der Waals surface area contributed by atoms with Crippen molar-refractivity contribution in [3.8, 4) is 0 Å². The van der Waals surface area contributed by atoms with E-state index in [2.05, 4.69) is 4.98 Å². The summed E-state index contributed by atoms with van der Waals surface area (Å²) in [6.45, 7) is 0. The minimum Gasteiger partial charge on any atom is -0.399 e. The van der Waals surface area contributed by atoms with Gasteiger partial charge < -0.3 is 10.3 Å². The number of aromatic nitrogens is 2. The average molecular weight is 251 g/mol. The SMILES string of the molecule is Nc1ccc2c(c1)ncn2C1CCS(=O)(=O)C1. The summed E-state index contributed by atoms with van der Waals surface area (Å²) in [5.74, 6) is 0.481. The predicted octanol–water partition coefficient (Wildman–Crippen LogP) is 0.978. The van der Waals surface area contributed by atoms with Crippen molar-refractivity contribution in [1.82, 2.24) is 9.55 Å². The van der Waals surface area contributed by atoms with Gasteiger partial charge in [-0.3, -0.25) is 0 Å². The maximum absolute atomic E-state index is 11.5. The van der Waals surface area contributed by atoms with E-state index in [1.54, 1.807) is 12.4 Å². The lowest BCUT2D eigenvalue weighted by molar-refractivity contribution is 0.568. The summed E-state index contributed by atoms with van der Waals surface area (Å²) in [6.07, 6.45) is 2.37. The summed E-state index contributed by atoms with van der Waals surface area (Å²) in [4.78, 5) is 4.26. The van der Waals surface area contributed by atoms with Gasteiger partial charge in [0, 0.05) is 5.69 Å². The monoisotopic (exact) mass is 251 g/mol. The van der Waals surface area contributed by atoms with Gasteiger partial charge in [-0.05, 0) is 24.6 Å². The molecule has 2 aromatic rings. The van der Waals surface area contributed by atoms with E-state index in [4.69, 9.17) is 5.73 Å². The molecule has 17 heavy (non-hydrogen) atoms. The highest BCUT2D eigenvalue weighted by molar-refractivity contribution is 7.91. The Morgan fingerprint density at radius 1 is 1.41 bits per heavy atom. The van der Waals surface area contributed by atoms with Gasteiger partial charge in [-0.25, -0.2) is 13.4 Å². The number of benzene rings is 1. The van der Waals surface area contributed by atoms with Gasteiger partial charge in [0.2, 0.25) is 0 Å². The van der Waals surface area contributed by atoms with Gasteiger partial charge >= 0.3 is 0 Å². The zero-order chi connectivity index (χ0) is 12.0. The Morgan fingerprint density at radius 2 is 2.24 bits per heavy atom. The lowest BCUT2D eigenvalue weighted by Gasteiger charge is -2.10. The summed E-state index contributed by atoms with van der Waals surface area (Å²) in [6, 6.07) is 5.51. The van der Waals surface area contributed by atoms with E-state index in [-0.39, 0.29) is 17.5 Å². The quantitative estimate of drug-likeness (QED) is 0.766. The Morgan fingerprint density at radius 3 is 2.94 bits per heavy atom. The summed E-state index contributed by atoms with van der Waals surface area (Å²) >= 11 is 0. The average Bonchev–Trinajstić information content (AvgIpc) is 2.80. The molecule has 6 heteroatoms. The summed E-state index contributed by atoms with van der Waals surface area (Å²) in [7, 11) is -2.87. The van der Waals surface area contributed by atoms with Crippen LogP contribution >= 0.6 is 0 Å². The van der Waals surface area contributed by atoms with Gasteiger partial charge in [-0.2, -0.15) is 0 Å². The number of hydrogen-bond acceptors (Lipinski definition) is 4. The predicted molar refractivity (Wildman–Crippen MR) is 66.5 cm³/mol. The summed E-state index contributed by atoms with van der Waals surface area (Å²) < 4.78 is 24.9. The molecule has 1 unspecified atom stereocenters. The van der Waals surface area contributed by atoms with E-state index in [0.29, 0.717) is 12.1 Å². The van der Waals surface area contributed by atoms with Gasteiger partial charge in [0.1, 0.15) is 0 Å². The molecule has 1 fully saturated rings. The van der Waals surface area contributed by atoms with E-state index in [1.807, 2.05) is 16.7 Å². The van der Waals surface area contributed by atoms with Crippen LogP contribution in [0.25, 0.3) is 11.0 Å². The first-order valence-electron chi connectivity index (χ1n) is 5.48. The van der Waals surface area contributed by atoms with Crippen molar-refractivity contribution in [2.45, 2.75) is 12.5 Å². The van der Waals surface area contributed by atoms with Crippen molar-refractivity contribution in [3.05, 3.63) is 24.5 Å². The Hall–Kier alpha value is -1.56. The third kappa shape index (κ3) is 1.78. The molecule has 0 bridgehead atoms. The fourth-order valence-corrected chi connectivity index (χ4v) is 4.05. The standard InChI is InChI=1S/C11H13N3O2S/c12-8-1-2-11-10(5-8)13-7-14(11)9-3-4-17(15,16)6-9/h1-2,5,7,9H,3-4,6,12H2. The number of nitrogens with zero attached hydrogens (tertiary/aromatic N) is 2. The molecule has 3 rings (SSSR count). The highest BCUT2D eigenvalue weighted by atomic mass is 32.2. The van der Waals surface area contributed by atoms with E-state index >= 15 is 0 Å². The number of sulfone groups is 1. The van der Waals surface area contributed by atoms with Gasteiger partial charge in [0.05, 0.1) is 34.9 Å². The maximum Gasteiger partial charge on any atom is 0.152 e. The number of rotatable bonds is 1. The molecule has 0 amide bonds. The van der Waals surface area contributed by atoms with Crippen molar-refractivity contribution in [2.75, 3.05) is 17.2 Å². The third-order valence-corrected chi connectivity index (χ3v) is 4.95. The molecule has 1 aliphatic rings. The lowest BCUT2D eigenvalue weighted by atomic mass is 10.2. The number of anilines is 1. The van der Waals surface area contributed by atoms with E-state index in [1.165, 1.54) is 0 Å². The number of fused-ring (bicyclic) bond motifs is 1. The van der Waals surface area contributed by atoms with Crippen molar-refractivity contribution < 1.29 is 8.42 Å². The fraction of sp³-hybridized carbons (Fsp3) is 0.364. The van der Waals surface area contributed by atoms with Gasteiger partial charge in [-0.1, -0.05) is 0 Å². The van der Waals surface area contributed by atoms with Gasteiger partial charge in [-0.15, -0.1) is 0 Å². The molecule has 1 aromatic carbocycles. The van der Waals surface area contributed by atoms with E-state index in [0.717, 1.165) is 11.0 Å². The van der Waals surface area contributed by atoms with Crippen LogP contribution in [0.2, 0.25) is 0 Å². The van der Waals surface area contributed by atoms with Gasteiger partial charge in [0.15, 0.2) is 9.84 Å². The molecule has 1 aromatic heterocycles. The first kappa shape index (κ1) is 10.6. The third-order valence-electron chi connectivity index (χ3n) is 3.20. The van der Waals surface area contributed by atoms with Crippen molar-refractivity contribution >= 4 is 26.6 Å². The number of nitrogen functional groups attached to an aromatic ring is 1. The number of hydrogen-bond donors (Lipinski definition) is 1. The number of nitrogens with two attached hydrogens (primary N) is 1. The molecule has 2 heterocycles. The van der Waals surface area contributed by atoms with Crippen LogP contribution in [0, 0.1) is 0 Å². The van der Waals surface area contributed by atoms with Crippen LogP contribution in [0.4, 0.5) is 5.69 Å². The second-order valence-corrected chi connectivity index (χ2v) is 6.69. The molecule has 0 aliphatic carbocycles. The van der Waals surface area contributed by atoms with Crippen LogP contribution in [-0.4, -0.2) is 29.5 Å². The molecule has 1 atom stereocenters. The Kier molecular flexibility index (Phi) is 2.16. The van der Waals surface area contributed by atoms with Crippen molar-refractivity contribution in [2.24, 2.45) is 0 Å². The molecule has 0 radical (unpaired) electrons. The molecular formula is C11H13N3O2S. The molecule has 1 saturated heterocycles. The zero-order valence-corrected chi connectivity index (χ0v) is 10.0. The molecule has 1 aliphatic heterocycles. The van der Waals surface area contributed by atoms with E-state index < -0.39 is 9.84 Å². The smallest absolute Gasteiger partial charge is 0.152 e. The highest BCUT2D eigenvalue weighted by Crippen LogP contribution is 2.27. The van der Waals surface area contributed by atoms with Crippen LogP contribution in [0.5, 0.6) is 0 Å². The second kappa shape index (κ2) is 3.46. The lowest BCUT2D eigenvalue weighted by Crippen LogP contribution is -2.09. The van der Waals surface area contributed by atoms with Crippen molar-refractivity contribution in [3.63, 3.8) is 0 Å². The fourth-order valence-electron chi connectivity index (χ4n) is 2.33. The Balaban J connectivity index is 2.07. The van der Waals surface area contributed by atoms with E-state index in [9.17, 15) is 8.42 Å². The summed E-state index contributed by atoms with van der Waals surface area (Å²) in [5, 5.41) is 0. The molecule has 2 N–H and O–H groups in total. The first-order valence-corrected chi connectivity index (χ1v) is 7.30. The van der Waals surface area contributed by atoms with Gasteiger partial charge in [0.25, 0.3) is 0 Å². The highest BCUT2D eigenvalue weighted by Gasteiger charge is 2.29. The Labute approximate surface area is 99.2 Å². The summed E-state index contributed by atoms with van der Waals surface area (Å²) in [5.41, 5.74) is 8.11. The van der Waals surface area contributed by atoms with Crippen LogP contribution in [0.3, 0.4) is 0 Å². The first-order chi connectivity index (χ1) is 8.05. The van der Waals surface area contributed by atoms with Crippen LogP contribution in [0.15, 0.2) is 24.5 Å². The largest absolute Gasteiger partial charge is 0.399 e. The maximum atomic E-state index is 11.5. The normalized spacial score (nSPS) is 23.2. The van der Waals surface area contributed by atoms with Crippen LogP contribution < -0.4 is 5.73 Å². The topological polar surface area (TPSA) is 78.0 Å². The molecule has 90 valence electrons. The second-order valence-electron chi connectivity index (χ2n) is 4.46. The van der Waals surface area contributed by atoms with Crippen LogP contribution in [-0.2, 0) is 9.84 Å².